The second-order valence-electron chi connectivity index (χ2n) is 12.2. The van der Waals surface area contributed by atoms with Crippen molar-refractivity contribution in [2.75, 3.05) is 74.6 Å². The second-order valence-corrected chi connectivity index (χ2v) is 12.2. The van der Waals surface area contributed by atoms with E-state index in [1.54, 1.807) is 12.4 Å². The van der Waals surface area contributed by atoms with Gasteiger partial charge in [-0.2, -0.15) is 0 Å². The number of ether oxygens (including phenoxy) is 1. The van der Waals surface area contributed by atoms with Crippen molar-refractivity contribution in [3.05, 3.63) is 54.0 Å². The van der Waals surface area contributed by atoms with E-state index in [2.05, 4.69) is 63.1 Å². The molecule has 1 fully saturated rings. The van der Waals surface area contributed by atoms with E-state index in [0.717, 1.165) is 68.3 Å². The van der Waals surface area contributed by atoms with Gasteiger partial charge in [-0.05, 0) is 62.2 Å². The molecule has 1 saturated heterocycles. The van der Waals surface area contributed by atoms with Crippen molar-refractivity contribution in [2.45, 2.75) is 40.2 Å². The maximum absolute atomic E-state index is 12.5. The highest BCUT2D eigenvalue weighted by molar-refractivity contribution is 5.89. The molecule has 3 aromatic rings. The van der Waals surface area contributed by atoms with Crippen LogP contribution in [0.5, 0.6) is 0 Å². The summed E-state index contributed by atoms with van der Waals surface area (Å²) < 4.78 is 5.61. The number of morpholine rings is 1. The minimum absolute atomic E-state index is 0.213. The van der Waals surface area contributed by atoms with Crippen LogP contribution >= 0.6 is 0 Å². The highest BCUT2D eigenvalue weighted by atomic mass is 16.5. The number of nitrogens with zero attached hydrogens (tertiary/aromatic N) is 7. The van der Waals surface area contributed by atoms with Gasteiger partial charge in [0.25, 0.3) is 0 Å². The first kappa shape index (κ1) is 29.7. The van der Waals surface area contributed by atoms with Crippen molar-refractivity contribution in [1.29, 1.82) is 0 Å². The minimum atomic E-state index is -0.213. The van der Waals surface area contributed by atoms with Gasteiger partial charge < -0.3 is 30.1 Å². The lowest BCUT2D eigenvalue weighted by molar-refractivity contribution is 0.122. The smallest absolute Gasteiger partial charge is 0.319 e. The van der Waals surface area contributed by atoms with E-state index in [-0.39, 0.29) is 6.03 Å². The zero-order valence-electron chi connectivity index (χ0n) is 25.3. The summed E-state index contributed by atoms with van der Waals surface area (Å²) in [7, 11) is 2.09. The van der Waals surface area contributed by atoms with Gasteiger partial charge in [-0.1, -0.05) is 20.8 Å². The molecule has 0 unspecified atom stereocenters. The number of anilines is 3. The van der Waals surface area contributed by atoms with Gasteiger partial charge in [0.05, 0.1) is 25.5 Å². The Kier molecular flexibility index (Phi) is 9.48. The molecule has 2 aromatic heterocycles. The van der Waals surface area contributed by atoms with Crippen molar-refractivity contribution in [2.24, 2.45) is 5.41 Å². The molecule has 2 aliphatic rings. The number of hydrogen-bond acceptors (Lipinski definition) is 9. The van der Waals surface area contributed by atoms with Gasteiger partial charge in [0.1, 0.15) is 5.82 Å². The highest BCUT2D eigenvalue weighted by Gasteiger charge is 2.27. The zero-order valence-corrected chi connectivity index (χ0v) is 25.3. The number of rotatable bonds is 9. The first-order chi connectivity index (χ1) is 20.2. The Labute approximate surface area is 248 Å². The summed E-state index contributed by atoms with van der Waals surface area (Å²) in [6.07, 6.45) is 5.48. The number of fused-ring (bicyclic) bond motifs is 1. The van der Waals surface area contributed by atoms with Gasteiger partial charge in [-0.3, -0.25) is 0 Å². The first-order valence-corrected chi connectivity index (χ1v) is 14.8. The molecule has 0 radical (unpaired) electrons. The zero-order chi connectivity index (χ0) is 29.5. The van der Waals surface area contributed by atoms with E-state index >= 15 is 0 Å². The second kappa shape index (κ2) is 13.4. The number of amides is 2. The molecule has 224 valence electrons. The number of nitrogens with one attached hydrogen (secondary N) is 2. The summed E-state index contributed by atoms with van der Waals surface area (Å²) in [4.78, 5) is 38.2. The van der Waals surface area contributed by atoms with Crippen LogP contribution in [0.1, 0.15) is 38.4 Å². The van der Waals surface area contributed by atoms with Crippen LogP contribution in [0.15, 0.2) is 42.7 Å². The topological polar surface area (TPSA) is 112 Å². The molecule has 0 saturated carbocycles. The molecule has 2 aliphatic heterocycles. The lowest BCUT2D eigenvalue weighted by Crippen LogP contribution is -2.39. The number of likely N-dealkylation sites (N-methyl/N-ethyl adjacent to an activating group) is 1. The fourth-order valence-electron chi connectivity index (χ4n) is 5.08. The number of carbonyl (C=O) groups is 1. The third-order valence-corrected chi connectivity index (χ3v) is 7.61. The maximum atomic E-state index is 12.5. The molecule has 4 heterocycles. The molecule has 0 bridgehead atoms. The van der Waals surface area contributed by atoms with E-state index in [1.165, 1.54) is 5.56 Å². The molecule has 0 spiro atoms. The fraction of sp³-hybridized carbons (Fsp3) is 0.516. The Balaban J connectivity index is 1.26. The third-order valence-electron chi connectivity index (χ3n) is 7.61. The highest BCUT2D eigenvalue weighted by Crippen LogP contribution is 2.31. The molecule has 0 atom stereocenters. The molecule has 5 rings (SSSR count). The van der Waals surface area contributed by atoms with Crippen molar-refractivity contribution in [3.63, 3.8) is 0 Å². The van der Waals surface area contributed by atoms with Gasteiger partial charge in [0.2, 0.25) is 5.95 Å². The largest absolute Gasteiger partial charge is 0.378 e. The summed E-state index contributed by atoms with van der Waals surface area (Å²) in [5.74, 6) is 2.36. The van der Waals surface area contributed by atoms with Crippen LogP contribution in [0.4, 0.5) is 22.2 Å². The molecule has 1 aromatic carbocycles. The molecule has 11 nitrogen and oxygen atoms in total. The number of aromatic nitrogens is 4. The van der Waals surface area contributed by atoms with Gasteiger partial charge >= 0.3 is 6.03 Å². The average molecular weight is 574 g/mol. The summed E-state index contributed by atoms with van der Waals surface area (Å²) >= 11 is 0. The van der Waals surface area contributed by atoms with E-state index in [9.17, 15) is 4.79 Å². The maximum Gasteiger partial charge on any atom is 0.319 e. The Morgan fingerprint density at radius 1 is 1.00 bits per heavy atom. The normalized spacial score (nSPS) is 15.5. The van der Waals surface area contributed by atoms with E-state index < -0.39 is 0 Å². The van der Waals surface area contributed by atoms with Gasteiger partial charge in [0.15, 0.2) is 5.82 Å². The van der Waals surface area contributed by atoms with Crippen LogP contribution in [-0.4, -0.2) is 90.4 Å². The standard InChI is InChI=1S/C31H43N9O2/c1-31(2,3)11-16-38(4)17-14-34-30(41)35-24-8-6-23(7-9-24)27-36-26-22-40(29-32-12-5-13-33-29)15-10-25(26)28(37-27)39-18-20-42-21-19-39/h5-9,12-13H,10-11,14-22H2,1-4H3,(H2,34,35,41). The Hall–Kier alpha value is -3.83. The van der Waals surface area contributed by atoms with Crippen molar-refractivity contribution < 1.29 is 9.53 Å². The van der Waals surface area contributed by atoms with Crippen LogP contribution in [0.2, 0.25) is 0 Å². The predicted octanol–water partition coefficient (Wildman–Crippen LogP) is 3.82. The number of urea groups is 1. The molecule has 42 heavy (non-hydrogen) atoms. The van der Waals surface area contributed by atoms with Crippen molar-refractivity contribution in [3.8, 4) is 11.4 Å². The van der Waals surface area contributed by atoms with Gasteiger partial charge in [-0.15, -0.1) is 0 Å². The van der Waals surface area contributed by atoms with E-state index in [1.807, 2.05) is 30.3 Å². The van der Waals surface area contributed by atoms with Crippen molar-refractivity contribution >= 4 is 23.5 Å². The van der Waals surface area contributed by atoms with E-state index in [4.69, 9.17) is 14.7 Å². The minimum Gasteiger partial charge on any atom is -0.378 e. The molecule has 0 aliphatic carbocycles. The van der Waals surface area contributed by atoms with Crippen LogP contribution in [0, 0.1) is 5.41 Å². The number of benzene rings is 1. The molecule has 2 N–H and O–H groups in total. The predicted molar refractivity (Wildman–Crippen MR) is 166 cm³/mol. The lowest BCUT2D eigenvalue weighted by atomic mass is 9.92. The van der Waals surface area contributed by atoms with Gasteiger partial charge in [-0.25, -0.2) is 24.7 Å². The first-order valence-electron chi connectivity index (χ1n) is 14.8. The summed E-state index contributed by atoms with van der Waals surface area (Å²) in [5.41, 5.74) is 4.10. The van der Waals surface area contributed by atoms with Crippen LogP contribution in [-0.2, 0) is 17.7 Å². The van der Waals surface area contributed by atoms with Crippen molar-refractivity contribution in [1.82, 2.24) is 30.2 Å². The van der Waals surface area contributed by atoms with Crippen LogP contribution in [0.25, 0.3) is 11.4 Å². The SMILES string of the molecule is CN(CCNC(=O)Nc1ccc(-c2nc3c(c(N4CCOCC4)n2)CCN(c2ncccn2)C3)cc1)CCC(C)(C)C. The average Bonchev–Trinajstić information content (AvgIpc) is 3.00. The molecule has 11 heteroatoms. The molecular weight excluding hydrogens is 530 g/mol. The lowest BCUT2D eigenvalue weighted by Gasteiger charge is -2.34. The van der Waals surface area contributed by atoms with E-state index in [0.29, 0.717) is 43.5 Å². The summed E-state index contributed by atoms with van der Waals surface area (Å²) in [6.45, 7) is 13.5. The van der Waals surface area contributed by atoms with Crippen LogP contribution in [0.3, 0.4) is 0 Å². The Morgan fingerprint density at radius 3 is 2.45 bits per heavy atom. The molecule has 2 amide bonds. The number of carbonyl (C=O) groups excluding carboxylic acids is 1. The summed E-state index contributed by atoms with van der Waals surface area (Å²) in [6, 6.07) is 9.32. The molecular formula is C31H43N9O2. The third kappa shape index (κ3) is 7.92. The monoisotopic (exact) mass is 573 g/mol. The van der Waals surface area contributed by atoms with Crippen LogP contribution < -0.4 is 20.4 Å². The summed E-state index contributed by atoms with van der Waals surface area (Å²) in [5, 5.41) is 5.89. The quantitative estimate of drug-likeness (QED) is 0.395. The number of hydrogen-bond donors (Lipinski definition) is 2. The Morgan fingerprint density at radius 2 is 1.74 bits per heavy atom. The Bertz CT molecular complexity index is 1320. The fourth-order valence-corrected chi connectivity index (χ4v) is 5.08. The van der Waals surface area contributed by atoms with Gasteiger partial charge in [0, 0.05) is 61.9 Å².